The third-order valence-corrected chi connectivity index (χ3v) is 3.43. The summed E-state index contributed by atoms with van der Waals surface area (Å²) < 4.78 is 13.3. The van der Waals surface area contributed by atoms with Crippen molar-refractivity contribution in [3.05, 3.63) is 69.5 Å². The lowest BCUT2D eigenvalue weighted by Gasteiger charge is -2.14. The molecule has 2 rings (SSSR count). The zero-order chi connectivity index (χ0) is 18.6. The number of hydrogen-bond donors (Lipinski definition) is 2. The van der Waals surface area contributed by atoms with E-state index in [1.54, 1.807) is 18.2 Å². The normalized spacial score (nSPS) is 11.5. The average Bonchev–Trinajstić information content (AvgIpc) is 2.56. The van der Waals surface area contributed by atoms with Crippen LogP contribution in [0.4, 0.5) is 15.8 Å². The van der Waals surface area contributed by atoms with Gasteiger partial charge in [0.2, 0.25) is 11.7 Å². The van der Waals surface area contributed by atoms with Crippen LogP contribution in [0.5, 0.6) is 0 Å². The minimum Gasteiger partial charge on any atom is -0.341 e. The number of carbonyl (C=O) groups is 2. The van der Waals surface area contributed by atoms with Crippen LogP contribution in [0.15, 0.2) is 42.5 Å². The van der Waals surface area contributed by atoms with Crippen LogP contribution in [-0.4, -0.2) is 22.8 Å². The van der Waals surface area contributed by atoms with Gasteiger partial charge in [0.15, 0.2) is 0 Å². The fourth-order valence-electron chi connectivity index (χ4n) is 2.11. The van der Waals surface area contributed by atoms with Gasteiger partial charge in [-0.3, -0.25) is 19.7 Å². The summed E-state index contributed by atoms with van der Waals surface area (Å²) in [6.45, 7) is 3.31. The summed E-state index contributed by atoms with van der Waals surface area (Å²) in [4.78, 5) is 34.1. The van der Waals surface area contributed by atoms with Crippen molar-refractivity contribution in [2.45, 2.75) is 19.9 Å². The van der Waals surface area contributed by atoms with Crippen molar-refractivity contribution < 1.29 is 18.9 Å². The number of nitrogens with zero attached hydrogens (tertiary/aromatic N) is 1. The molecule has 2 N–H and O–H groups in total. The molecule has 2 amide bonds. The lowest BCUT2D eigenvalue weighted by atomic mass is 10.1. The summed E-state index contributed by atoms with van der Waals surface area (Å²) in [5.74, 6) is -2.00. The molecule has 0 unspecified atom stereocenters. The second kappa shape index (κ2) is 7.52. The Morgan fingerprint density at radius 1 is 1.20 bits per heavy atom. The van der Waals surface area contributed by atoms with Crippen LogP contribution in [0.2, 0.25) is 0 Å². The quantitative estimate of drug-likeness (QED) is 0.642. The lowest BCUT2D eigenvalue weighted by molar-refractivity contribution is -0.387. The SMILES string of the molecule is Cc1cccc(C(=O)N[C@@H](C)C(=O)Nc2ccc(F)c([N+](=O)[O-])c2)c1. The number of carbonyl (C=O) groups excluding carboxylic acids is 2. The molecule has 0 saturated carbocycles. The van der Waals surface area contributed by atoms with Crippen molar-refractivity contribution in [3.63, 3.8) is 0 Å². The smallest absolute Gasteiger partial charge is 0.306 e. The van der Waals surface area contributed by atoms with Gasteiger partial charge in [0.05, 0.1) is 4.92 Å². The molecule has 130 valence electrons. The largest absolute Gasteiger partial charge is 0.341 e. The van der Waals surface area contributed by atoms with E-state index in [1.807, 2.05) is 13.0 Å². The molecule has 0 saturated heterocycles. The minimum atomic E-state index is -0.996. The Morgan fingerprint density at radius 2 is 1.92 bits per heavy atom. The van der Waals surface area contributed by atoms with E-state index in [9.17, 15) is 24.1 Å². The first-order valence-corrected chi connectivity index (χ1v) is 7.40. The Hall–Kier alpha value is -3.29. The predicted molar refractivity (Wildman–Crippen MR) is 89.8 cm³/mol. The topological polar surface area (TPSA) is 101 Å². The Kier molecular flexibility index (Phi) is 5.43. The van der Waals surface area contributed by atoms with E-state index in [1.165, 1.54) is 13.0 Å². The third kappa shape index (κ3) is 4.60. The zero-order valence-electron chi connectivity index (χ0n) is 13.6. The summed E-state index contributed by atoms with van der Waals surface area (Å²) in [6.07, 6.45) is 0. The number of nitro groups is 1. The fraction of sp³-hybridized carbons (Fsp3) is 0.176. The molecule has 0 heterocycles. The van der Waals surface area contributed by atoms with Crippen LogP contribution in [-0.2, 0) is 4.79 Å². The highest BCUT2D eigenvalue weighted by Gasteiger charge is 2.19. The van der Waals surface area contributed by atoms with Gasteiger partial charge < -0.3 is 10.6 Å². The van der Waals surface area contributed by atoms with Crippen LogP contribution in [0.25, 0.3) is 0 Å². The Labute approximate surface area is 143 Å². The summed E-state index contributed by atoms with van der Waals surface area (Å²) in [5.41, 5.74) is 0.643. The molecule has 25 heavy (non-hydrogen) atoms. The van der Waals surface area contributed by atoms with Crippen molar-refractivity contribution in [2.75, 3.05) is 5.32 Å². The van der Waals surface area contributed by atoms with E-state index in [-0.39, 0.29) is 5.69 Å². The number of amides is 2. The van der Waals surface area contributed by atoms with Gasteiger partial charge in [0, 0.05) is 17.3 Å². The number of aryl methyl sites for hydroxylation is 1. The molecule has 0 fully saturated rings. The Balaban J connectivity index is 2.04. The van der Waals surface area contributed by atoms with E-state index in [2.05, 4.69) is 10.6 Å². The minimum absolute atomic E-state index is 0.0646. The van der Waals surface area contributed by atoms with E-state index in [4.69, 9.17) is 0 Å². The van der Waals surface area contributed by atoms with Gasteiger partial charge in [0.1, 0.15) is 6.04 Å². The van der Waals surface area contributed by atoms with Crippen LogP contribution in [0.1, 0.15) is 22.8 Å². The van der Waals surface area contributed by atoms with Crippen molar-refractivity contribution in [2.24, 2.45) is 0 Å². The number of nitrogens with one attached hydrogen (secondary N) is 2. The standard InChI is InChI=1S/C17H16FN3O4/c1-10-4-3-5-12(8-10)17(23)19-11(2)16(22)20-13-6-7-14(18)15(9-13)21(24)25/h3-9,11H,1-2H3,(H,19,23)(H,20,22)/t11-/m0/s1. The van der Waals surface area contributed by atoms with Crippen molar-refractivity contribution >= 4 is 23.2 Å². The van der Waals surface area contributed by atoms with E-state index >= 15 is 0 Å². The maximum Gasteiger partial charge on any atom is 0.306 e. The molecule has 0 aliphatic rings. The first kappa shape index (κ1) is 18.1. The molecule has 0 aromatic heterocycles. The number of nitro benzene ring substituents is 1. The summed E-state index contributed by atoms with van der Waals surface area (Å²) in [6, 6.07) is 9.00. The lowest BCUT2D eigenvalue weighted by Crippen LogP contribution is -2.41. The Bertz CT molecular complexity index is 838. The van der Waals surface area contributed by atoms with Gasteiger partial charge in [0.25, 0.3) is 5.91 Å². The first-order chi connectivity index (χ1) is 11.8. The number of anilines is 1. The highest BCUT2D eigenvalue weighted by molar-refractivity contribution is 6.01. The molecule has 0 spiro atoms. The van der Waals surface area contributed by atoms with Gasteiger partial charge in [-0.25, -0.2) is 0 Å². The number of hydrogen-bond acceptors (Lipinski definition) is 4. The average molecular weight is 345 g/mol. The second-order valence-corrected chi connectivity index (χ2v) is 5.48. The second-order valence-electron chi connectivity index (χ2n) is 5.48. The molecular formula is C17H16FN3O4. The Morgan fingerprint density at radius 3 is 2.56 bits per heavy atom. The highest BCUT2D eigenvalue weighted by Crippen LogP contribution is 2.21. The zero-order valence-corrected chi connectivity index (χ0v) is 13.6. The molecule has 7 nitrogen and oxygen atoms in total. The fourth-order valence-corrected chi connectivity index (χ4v) is 2.11. The highest BCUT2D eigenvalue weighted by atomic mass is 19.1. The van der Waals surface area contributed by atoms with Gasteiger partial charge in [-0.15, -0.1) is 0 Å². The van der Waals surface area contributed by atoms with E-state index in [0.717, 1.165) is 17.7 Å². The van der Waals surface area contributed by atoms with Crippen molar-refractivity contribution in [1.29, 1.82) is 0 Å². The van der Waals surface area contributed by atoms with Crippen molar-refractivity contribution in [3.8, 4) is 0 Å². The summed E-state index contributed by atoms with van der Waals surface area (Å²) in [7, 11) is 0. The van der Waals surface area contributed by atoms with Crippen LogP contribution < -0.4 is 10.6 Å². The molecular weight excluding hydrogens is 329 g/mol. The van der Waals surface area contributed by atoms with Crippen LogP contribution in [0, 0.1) is 22.9 Å². The number of halogens is 1. The van der Waals surface area contributed by atoms with Gasteiger partial charge in [-0.1, -0.05) is 17.7 Å². The molecule has 0 bridgehead atoms. The molecule has 0 aliphatic carbocycles. The maximum absolute atomic E-state index is 13.3. The van der Waals surface area contributed by atoms with E-state index < -0.39 is 34.3 Å². The molecule has 0 radical (unpaired) electrons. The molecule has 8 heteroatoms. The monoisotopic (exact) mass is 345 g/mol. The number of benzene rings is 2. The third-order valence-electron chi connectivity index (χ3n) is 3.43. The van der Waals surface area contributed by atoms with Crippen LogP contribution in [0.3, 0.4) is 0 Å². The number of rotatable bonds is 5. The van der Waals surface area contributed by atoms with Gasteiger partial charge >= 0.3 is 5.69 Å². The molecule has 2 aromatic rings. The molecule has 2 aromatic carbocycles. The summed E-state index contributed by atoms with van der Waals surface area (Å²) in [5, 5.41) is 15.7. The predicted octanol–water partition coefficient (Wildman–Crippen LogP) is 2.80. The van der Waals surface area contributed by atoms with Gasteiger partial charge in [-0.05, 0) is 38.1 Å². The van der Waals surface area contributed by atoms with Crippen LogP contribution >= 0.6 is 0 Å². The molecule has 1 atom stereocenters. The summed E-state index contributed by atoms with van der Waals surface area (Å²) >= 11 is 0. The van der Waals surface area contributed by atoms with Gasteiger partial charge in [-0.2, -0.15) is 4.39 Å². The van der Waals surface area contributed by atoms with Crippen molar-refractivity contribution in [1.82, 2.24) is 5.32 Å². The van der Waals surface area contributed by atoms with E-state index in [0.29, 0.717) is 5.56 Å². The maximum atomic E-state index is 13.3. The molecule has 0 aliphatic heterocycles. The first-order valence-electron chi connectivity index (χ1n) is 7.40.